The molecule has 0 amide bonds. The van der Waals surface area contributed by atoms with E-state index in [2.05, 4.69) is 5.16 Å². The van der Waals surface area contributed by atoms with E-state index in [0.717, 1.165) is 10.4 Å². The maximum Gasteiger partial charge on any atom is 0.337 e. The van der Waals surface area contributed by atoms with Crippen LogP contribution in [0.25, 0.3) is 11.6 Å². The fourth-order valence-corrected chi connectivity index (χ4v) is 2.24. The van der Waals surface area contributed by atoms with Gasteiger partial charge in [0.2, 0.25) is 0 Å². The summed E-state index contributed by atoms with van der Waals surface area (Å²) in [6, 6.07) is 3.60. The van der Waals surface area contributed by atoms with E-state index >= 15 is 0 Å². The molecule has 0 aliphatic carbocycles. The Morgan fingerprint density at radius 3 is 2.76 bits per heavy atom. The second-order valence-corrected chi connectivity index (χ2v) is 4.53. The maximum atomic E-state index is 11.2. The molecule has 0 saturated heterocycles. The molecule has 17 heavy (non-hydrogen) atoms. The predicted molar refractivity (Wildman–Crippen MR) is 65.8 cm³/mol. The lowest BCUT2D eigenvalue weighted by atomic mass is 10.1. The number of aryl methyl sites for hydroxylation is 2. The lowest BCUT2D eigenvalue weighted by Crippen LogP contribution is -1.98. The Hall–Kier alpha value is -1.88. The summed E-state index contributed by atoms with van der Waals surface area (Å²) in [7, 11) is 0. The van der Waals surface area contributed by atoms with Gasteiger partial charge >= 0.3 is 5.97 Å². The molecule has 0 fully saturated rings. The highest BCUT2D eigenvalue weighted by Crippen LogP contribution is 2.25. The van der Waals surface area contributed by atoms with E-state index in [4.69, 9.17) is 4.52 Å². The number of hydrogen-bond acceptors (Lipinski definition) is 4. The zero-order chi connectivity index (χ0) is 12.4. The molecule has 0 aliphatic rings. The van der Waals surface area contributed by atoms with Gasteiger partial charge in [-0.25, -0.2) is 4.79 Å². The third kappa shape index (κ3) is 2.29. The van der Waals surface area contributed by atoms with Crippen molar-refractivity contribution in [1.82, 2.24) is 5.16 Å². The number of hydrogen-bond donors (Lipinski definition) is 1. The molecule has 0 aromatic carbocycles. The monoisotopic (exact) mass is 249 g/mol. The fourth-order valence-electron chi connectivity index (χ4n) is 1.51. The number of rotatable bonds is 3. The summed E-state index contributed by atoms with van der Waals surface area (Å²) in [5.74, 6) is -0.328. The summed E-state index contributed by atoms with van der Waals surface area (Å²) >= 11 is 1.39. The van der Waals surface area contributed by atoms with Gasteiger partial charge in [0.25, 0.3) is 0 Å². The summed E-state index contributed by atoms with van der Waals surface area (Å²) in [6.45, 7) is 3.55. The van der Waals surface area contributed by atoms with E-state index in [1.165, 1.54) is 11.3 Å². The largest absolute Gasteiger partial charge is 0.478 e. The average molecular weight is 249 g/mol. The van der Waals surface area contributed by atoms with Crippen LogP contribution in [-0.4, -0.2) is 16.2 Å². The first-order chi connectivity index (χ1) is 8.09. The number of carbonyl (C=O) groups is 1. The van der Waals surface area contributed by atoms with Crippen molar-refractivity contribution < 1.29 is 14.4 Å². The minimum atomic E-state index is -0.951. The lowest BCUT2D eigenvalue weighted by Gasteiger charge is -1.98. The van der Waals surface area contributed by atoms with E-state index in [-0.39, 0.29) is 5.57 Å². The predicted octanol–water partition coefficient (Wildman–Crippen LogP) is 2.98. The molecule has 0 aliphatic heterocycles. The summed E-state index contributed by atoms with van der Waals surface area (Å²) in [6.07, 6.45) is 1.61. The fraction of sp³-hybridized carbons (Fsp3) is 0.167. The first-order valence-electron chi connectivity index (χ1n) is 5.01. The Kier molecular flexibility index (Phi) is 3.10. The van der Waals surface area contributed by atoms with Gasteiger partial charge in [0.1, 0.15) is 5.76 Å². The minimum absolute atomic E-state index is 0.259. The van der Waals surface area contributed by atoms with Crippen LogP contribution in [0.4, 0.5) is 0 Å². The average Bonchev–Trinajstić information content (AvgIpc) is 2.88. The van der Waals surface area contributed by atoms with E-state index < -0.39 is 5.97 Å². The highest BCUT2D eigenvalue weighted by Gasteiger charge is 2.14. The number of aromatic nitrogens is 1. The Labute approximate surface area is 102 Å². The van der Waals surface area contributed by atoms with Gasteiger partial charge in [-0.3, -0.25) is 0 Å². The normalized spacial score (nSPS) is 11.8. The van der Waals surface area contributed by atoms with Gasteiger partial charge in [-0.15, -0.1) is 11.3 Å². The van der Waals surface area contributed by atoms with Crippen molar-refractivity contribution >= 4 is 29.0 Å². The molecule has 5 heteroatoms. The van der Waals surface area contributed by atoms with Crippen molar-refractivity contribution in [1.29, 1.82) is 0 Å². The molecule has 0 radical (unpaired) electrons. The zero-order valence-corrected chi connectivity index (χ0v) is 10.2. The quantitative estimate of drug-likeness (QED) is 0.849. The molecule has 2 aromatic rings. The molecular formula is C12H11NO3S. The molecule has 88 valence electrons. The smallest absolute Gasteiger partial charge is 0.337 e. The third-order valence-electron chi connectivity index (χ3n) is 2.39. The molecule has 1 N–H and O–H groups in total. The Balaban J connectivity index is 2.52. The van der Waals surface area contributed by atoms with Gasteiger partial charge in [0.05, 0.1) is 11.3 Å². The van der Waals surface area contributed by atoms with Crippen LogP contribution in [0, 0.1) is 13.8 Å². The van der Waals surface area contributed by atoms with Crippen molar-refractivity contribution in [3.8, 4) is 0 Å². The van der Waals surface area contributed by atoms with Gasteiger partial charge in [-0.05, 0) is 31.4 Å². The van der Waals surface area contributed by atoms with E-state index in [1.54, 1.807) is 26.0 Å². The summed E-state index contributed by atoms with van der Waals surface area (Å²) in [5.41, 5.74) is 1.68. The Morgan fingerprint density at radius 2 is 2.29 bits per heavy atom. The van der Waals surface area contributed by atoms with E-state index in [0.29, 0.717) is 11.5 Å². The lowest BCUT2D eigenvalue weighted by molar-refractivity contribution is -0.130. The van der Waals surface area contributed by atoms with Crippen LogP contribution < -0.4 is 0 Å². The van der Waals surface area contributed by atoms with Crippen LogP contribution >= 0.6 is 11.3 Å². The molecule has 0 bridgehead atoms. The molecule has 2 aromatic heterocycles. The van der Waals surface area contributed by atoms with Crippen molar-refractivity contribution in [3.63, 3.8) is 0 Å². The summed E-state index contributed by atoms with van der Waals surface area (Å²) in [4.78, 5) is 12.0. The topological polar surface area (TPSA) is 63.3 Å². The van der Waals surface area contributed by atoms with E-state index in [1.807, 2.05) is 11.4 Å². The molecule has 2 rings (SSSR count). The first kappa shape index (κ1) is 11.6. The van der Waals surface area contributed by atoms with Crippen molar-refractivity contribution in [2.24, 2.45) is 0 Å². The molecule has 4 nitrogen and oxygen atoms in total. The minimum Gasteiger partial charge on any atom is -0.478 e. The van der Waals surface area contributed by atoms with Gasteiger partial charge in [0, 0.05) is 10.4 Å². The van der Waals surface area contributed by atoms with Crippen molar-refractivity contribution in [3.05, 3.63) is 39.4 Å². The second-order valence-electron chi connectivity index (χ2n) is 3.58. The number of aliphatic carboxylic acids is 1. The van der Waals surface area contributed by atoms with E-state index in [9.17, 15) is 9.90 Å². The van der Waals surface area contributed by atoms with Crippen molar-refractivity contribution in [2.75, 3.05) is 0 Å². The molecule has 0 unspecified atom stereocenters. The zero-order valence-electron chi connectivity index (χ0n) is 9.43. The number of carboxylic acids is 1. The maximum absolute atomic E-state index is 11.2. The molecule has 0 saturated carbocycles. The first-order valence-corrected chi connectivity index (χ1v) is 5.89. The van der Waals surface area contributed by atoms with Crippen LogP contribution in [0.5, 0.6) is 0 Å². The van der Waals surface area contributed by atoms with Crippen molar-refractivity contribution in [2.45, 2.75) is 13.8 Å². The standard InChI is InChI=1S/C12H11NO3S/c1-7-9(8(2)16-13-7)6-10(12(14)15)11-4-3-5-17-11/h3-6H,1-2H3,(H,14,15)/b10-6-. The van der Waals surface area contributed by atoms with Gasteiger partial charge in [-0.1, -0.05) is 11.2 Å². The van der Waals surface area contributed by atoms with Crippen LogP contribution in [0.2, 0.25) is 0 Å². The van der Waals surface area contributed by atoms with Crippen LogP contribution in [0.15, 0.2) is 22.0 Å². The van der Waals surface area contributed by atoms with Crippen LogP contribution in [-0.2, 0) is 4.79 Å². The number of nitrogens with zero attached hydrogens (tertiary/aromatic N) is 1. The number of carboxylic acid groups (broad SMARTS) is 1. The number of thiophene rings is 1. The third-order valence-corrected chi connectivity index (χ3v) is 3.30. The molecule has 2 heterocycles. The van der Waals surface area contributed by atoms with Gasteiger partial charge < -0.3 is 9.63 Å². The Bertz CT molecular complexity index is 547. The Morgan fingerprint density at radius 1 is 1.53 bits per heavy atom. The highest BCUT2D eigenvalue weighted by atomic mass is 32.1. The van der Waals surface area contributed by atoms with Gasteiger partial charge in [-0.2, -0.15) is 0 Å². The molecular weight excluding hydrogens is 238 g/mol. The molecule has 0 atom stereocenters. The summed E-state index contributed by atoms with van der Waals surface area (Å²) < 4.78 is 5.01. The SMILES string of the molecule is Cc1noc(C)c1/C=C(\C(=O)O)c1cccs1. The van der Waals surface area contributed by atoms with Crippen LogP contribution in [0.1, 0.15) is 21.9 Å². The molecule has 0 spiro atoms. The second kappa shape index (κ2) is 4.55. The highest BCUT2D eigenvalue weighted by molar-refractivity contribution is 7.11. The van der Waals surface area contributed by atoms with Gasteiger partial charge in [0.15, 0.2) is 0 Å². The summed E-state index contributed by atoms with van der Waals surface area (Å²) in [5, 5.41) is 14.9. The van der Waals surface area contributed by atoms with Crippen LogP contribution in [0.3, 0.4) is 0 Å².